The molecule has 0 aliphatic carbocycles. The molecule has 2 rings (SSSR count). The molecule has 0 fully saturated rings. The van der Waals surface area contributed by atoms with Crippen molar-refractivity contribution in [1.29, 1.82) is 0 Å². The summed E-state index contributed by atoms with van der Waals surface area (Å²) in [7, 11) is 0. The molecule has 0 saturated heterocycles. The van der Waals surface area contributed by atoms with Crippen LogP contribution in [0.1, 0.15) is 30.6 Å². The number of oxime groups is 1. The number of benzene rings is 1. The lowest BCUT2D eigenvalue weighted by Crippen LogP contribution is -2.36. The van der Waals surface area contributed by atoms with Crippen LogP contribution in [0.15, 0.2) is 35.5 Å². The van der Waals surface area contributed by atoms with Crippen molar-refractivity contribution in [2.45, 2.75) is 32.5 Å². The van der Waals surface area contributed by atoms with Crippen LogP contribution >= 0.6 is 0 Å². The van der Waals surface area contributed by atoms with Crippen LogP contribution in [0.5, 0.6) is 0 Å². The second-order valence-corrected chi connectivity index (χ2v) is 4.39. The Hall–Kier alpha value is -1.71. The Morgan fingerprint density at radius 1 is 1.44 bits per heavy atom. The Balaban J connectivity index is 2.28. The molecular weight excluding hydrogens is 233 g/mol. The van der Waals surface area contributed by atoms with Gasteiger partial charge in [-0.2, -0.15) is 0 Å². The van der Waals surface area contributed by atoms with E-state index in [1.165, 1.54) is 6.92 Å². The van der Waals surface area contributed by atoms with E-state index in [9.17, 15) is 9.18 Å². The van der Waals surface area contributed by atoms with Gasteiger partial charge in [0.2, 0.25) is 0 Å². The van der Waals surface area contributed by atoms with Crippen LogP contribution in [0.4, 0.5) is 4.39 Å². The van der Waals surface area contributed by atoms with E-state index in [4.69, 9.17) is 4.84 Å². The maximum atomic E-state index is 13.5. The second kappa shape index (κ2) is 5.29. The summed E-state index contributed by atoms with van der Waals surface area (Å²) >= 11 is 0. The molecule has 0 aromatic heterocycles. The topological polar surface area (TPSA) is 38.7 Å². The number of nitrogens with zero attached hydrogens (tertiary/aromatic N) is 1. The lowest BCUT2D eigenvalue weighted by molar-refractivity contribution is 0.0100. The van der Waals surface area contributed by atoms with Crippen LogP contribution < -0.4 is 0 Å². The molecule has 1 aliphatic rings. The minimum atomic E-state index is -1.23. The molecule has 3 nitrogen and oxygen atoms in total. The van der Waals surface area contributed by atoms with Gasteiger partial charge in [-0.3, -0.25) is 4.79 Å². The Morgan fingerprint density at radius 2 is 2.11 bits per heavy atom. The first-order chi connectivity index (χ1) is 8.65. The third-order valence-electron chi connectivity index (χ3n) is 3.13. The molecular formula is C14H16FNO2. The molecule has 1 aromatic carbocycles. The number of ketones is 1. The fourth-order valence-corrected chi connectivity index (χ4v) is 2.15. The quantitative estimate of drug-likeness (QED) is 0.769. The molecule has 1 heterocycles. The van der Waals surface area contributed by atoms with Gasteiger partial charge in [0, 0.05) is 5.56 Å². The van der Waals surface area contributed by atoms with Crippen molar-refractivity contribution >= 4 is 11.5 Å². The molecule has 96 valence electrons. The van der Waals surface area contributed by atoms with Crippen LogP contribution in [0, 0.1) is 5.92 Å². The molecule has 4 heteroatoms. The molecule has 3 atom stereocenters. The van der Waals surface area contributed by atoms with Crippen LogP contribution in [0.3, 0.4) is 0 Å². The summed E-state index contributed by atoms with van der Waals surface area (Å²) in [4.78, 5) is 17.5. The predicted molar refractivity (Wildman–Crippen MR) is 67.4 cm³/mol. The minimum absolute atomic E-state index is 0.122. The van der Waals surface area contributed by atoms with E-state index in [2.05, 4.69) is 5.16 Å². The molecule has 0 spiro atoms. The van der Waals surface area contributed by atoms with Crippen LogP contribution in [-0.2, 0) is 4.84 Å². The average Bonchev–Trinajstić information content (AvgIpc) is 2.82. The van der Waals surface area contributed by atoms with E-state index in [1.807, 2.05) is 13.0 Å². The molecule has 0 bridgehead atoms. The van der Waals surface area contributed by atoms with E-state index < -0.39 is 18.2 Å². The number of alkyl halides is 1. The summed E-state index contributed by atoms with van der Waals surface area (Å²) in [5.41, 5.74) is 1.19. The van der Waals surface area contributed by atoms with E-state index >= 15 is 0 Å². The second-order valence-electron chi connectivity index (χ2n) is 4.39. The summed E-state index contributed by atoms with van der Waals surface area (Å²) in [6, 6.07) is 8.88. The predicted octanol–water partition coefficient (Wildman–Crippen LogP) is 3.01. The Labute approximate surface area is 106 Å². The van der Waals surface area contributed by atoms with Crippen molar-refractivity contribution in [2.24, 2.45) is 11.1 Å². The summed E-state index contributed by atoms with van der Waals surface area (Å²) < 4.78 is 13.5. The highest BCUT2D eigenvalue weighted by atomic mass is 19.1. The number of Topliss-reactive ketones (excluding diaryl/α,β-unsaturated/α-hetero) is 1. The van der Waals surface area contributed by atoms with Gasteiger partial charge in [0.15, 0.2) is 11.9 Å². The average molecular weight is 249 g/mol. The zero-order valence-electron chi connectivity index (χ0n) is 10.5. The van der Waals surface area contributed by atoms with E-state index in [1.54, 1.807) is 24.3 Å². The zero-order chi connectivity index (χ0) is 13.1. The zero-order valence-corrected chi connectivity index (χ0v) is 10.5. The smallest absolute Gasteiger partial charge is 0.175 e. The lowest BCUT2D eigenvalue weighted by Gasteiger charge is -2.18. The van der Waals surface area contributed by atoms with Crippen molar-refractivity contribution < 1.29 is 14.0 Å². The highest BCUT2D eigenvalue weighted by Gasteiger charge is 2.42. The standard InChI is InChI=1S/C14H16FNO2/c1-3-11-12(14(9(2)15)18-16-11)13(17)10-7-5-4-6-8-10/h4-9,12,14H,3H2,1-2H3/t9-,12-,14-/m0/s1. The van der Waals surface area contributed by atoms with Gasteiger partial charge in [0.05, 0.1) is 5.71 Å². The molecule has 1 aliphatic heterocycles. The Morgan fingerprint density at radius 3 is 2.67 bits per heavy atom. The third-order valence-corrected chi connectivity index (χ3v) is 3.13. The van der Waals surface area contributed by atoms with Crippen LogP contribution in [-0.4, -0.2) is 23.8 Å². The Kier molecular flexibility index (Phi) is 3.75. The normalized spacial score (nSPS) is 24.3. The number of hydrogen-bond donors (Lipinski definition) is 0. The maximum Gasteiger partial charge on any atom is 0.175 e. The number of carbonyl (C=O) groups excluding carboxylic acids is 1. The summed E-state index contributed by atoms with van der Waals surface area (Å²) in [5, 5.41) is 3.84. The van der Waals surface area contributed by atoms with Gasteiger partial charge in [0.1, 0.15) is 12.1 Å². The Bertz CT molecular complexity index is 456. The molecule has 1 aromatic rings. The molecule has 18 heavy (non-hydrogen) atoms. The van der Waals surface area contributed by atoms with Gasteiger partial charge < -0.3 is 4.84 Å². The first-order valence-corrected chi connectivity index (χ1v) is 6.11. The van der Waals surface area contributed by atoms with Crippen LogP contribution in [0.25, 0.3) is 0 Å². The fourth-order valence-electron chi connectivity index (χ4n) is 2.15. The van der Waals surface area contributed by atoms with Crippen molar-refractivity contribution in [1.82, 2.24) is 0 Å². The number of carbonyl (C=O) groups is 1. The van der Waals surface area contributed by atoms with Gasteiger partial charge in [-0.05, 0) is 13.3 Å². The highest BCUT2D eigenvalue weighted by molar-refractivity contribution is 6.13. The van der Waals surface area contributed by atoms with E-state index in [-0.39, 0.29) is 5.78 Å². The largest absolute Gasteiger partial charge is 0.388 e. The van der Waals surface area contributed by atoms with Crippen LogP contribution in [0.2, 0.25) is 0 Å². The molecule has 0 radical (unpaired) electrons. The van der Waals surface area contributed by atoms with E-state index in [0.717, 1.165) is 0 Å². The molecule has 0 unspecified atom stereocenters. The third kappa shape index (κ3) is 2.28. The number of hydrogen-bond acceptors (Lipinski definition) is 3. The molecule has 0 saturated carbocycles. The van der Waals surface area contributed by atoms with Gasteiger partial charge in [-0.1, -0.05) is 42.4 Å². The summed E-state index contributed by atoms with van der Waals surface area (Å²) in [6.07, 6.45) is -1.44. The fraction of sp³-hybridized carbons (Fsp3) is 0.429. The highest BCUT2D eigenvalue weighted by Crippen LogP contribution is 2.28. The van der Waals surface area contributed by atoms with Crippen molar-refractivity contribution in [3.8, 4) is 0 Å². The molecule has 0 amide bonds. The van der Waals surface area contributed by atoms with Crippen molar-refractivity contribution in [3.63, 3.8) is 0 Å². The first-order valence-electron chi connectivity index (χ1n) is 6.11. The summed E-state index contributed by atoms with van der Waals surface area (Å²) in [5.74, 6) is -0.722. The monoisotopic (exact) mass is 249 g/mol. The maximum absolute atomic E-state index is 13.5. The van der Waals surface area contributed by atoms with Gasteiger partial charge in [0.25, 0.3) is 0 Å². The van der Waals surface area contributed by atoms with Gasteiger partial charge in [-0.15, -0.1) is 0 Å². The minimum Gasteiger partial charge on any atom is -0.388 e. The van der Waals surface area contributed by atoms with Gasteiger partial charge in [-0.25, -0.2) is 4.39 Å². The lowest BCUT2D eigenvalue weighted by atomic mass is 9.86. The summed E-state index contributed by atoms with van der Waals surface area (Å²) in [6.45, 7) is 3.28. The number of halogens is 1. The van der Waals surface area contributed by atoms with E-state index in [0.29, 0.717) is 17.7 Å². The first kappa shape index (κ1) is 12.7. The SMILES string of the molecule is CCC1=NO[C@@H]([C@H](C)F)[C@@H]1C(=O)c1ccccc1. The van der Waals surface area contributed by atoms with Gasteiger partial charge >= 0.3 is 0 Å². The van der Waals surface area contributed by atoms with Crippen molar-refractivity contribution in [2.75, 3.05) is 0 Å². The van der Waals surface area contributed by atoms with Crippen molar-refractivity contribution in [3.05, 3.63) is 35.9 Å². The number of rotatable bonds is 4. The molecule has 0 N–H and O–H groups in total.